The molecule has 0 amide bonds. The smallest absolute Gasteiger partial charge is 0.246 e. The summed E-state index contributed by atoms with van der Waals surface area (Å²) in [7, 11) is -2.02. The summed E-state index contributed by atoms with van der Waals surface area (Å²) in [6.45, 7) is 4.11. The van der Waals surface area contributed by atoms with E-state index in [2.05, 4.69) is 0 Å². The van der Waals surface area contributed by atoms with Crippen molar-refractivity contribution in [3.05, 3.63) is 53.0 Å². The first-order valence-corrected chi connectivity index (χ1v) is 8.10. The standard InChI is InChI=1S/C15H20N2O3S/c1-11-4-6-13(7-5-11)10-17(3)21(18,19)15-8-14(9-16)20-12(15)2/h4-8H,9-10,16H2,1-3H3. The van der Waals surface area contributed by atoms with Crippen LogP contribution in [0, 0.1) is 13.8 Å². The lowest BCUT2D eigenvalue weighted by atomic mass is 10.1. The number of aryl methyl sites for hydroxylation is 2. The van der Waals surface area contributed by atoms with Gasteiger partial charge >= 0.3 is 0 Å². The Labute approximate surface area is 125 Å². The lowest BCUT2D eigenvalue weighted by Crippen LogP contribution is -2.26. The molecular formula is C15H20N2O3S. The van der Waals surface area contributed by atoms with E-state index >= 15 is 0 Å². The van der Waals surface area contributed by atoms with E-state index < -0.39 is 10.0 Å². The zero-order valence-electron chi connectivity index (χ0n) is 12.5. The molecule has 0 atom stereocenters. The van der Waals surface area contributed by atoms with Crippen LogP contribution < -0.4 is 5.73 Å². The molecule has 0 fully saturated rings. The number of benzene rings is 1. The van der Waals surface area contributed by atoms with E-state index in [1.807, 2.05) is 31.2 Å². The summed E-state index contributed by atoms with van der Waals surface area (Å²) in [5.41, 5.74) is 7.57. The van der Waals surface area contributed by atoms with Crippen LogP contribution in [-0.4, -0.2) is 19.8 Å². The molecule has 21 heavy (non-hydrogen) atoms. The van der Waals surface area contributed by atoms with Gasteiger partial charge in [0.05, 0.1) is 6.54 Å². The third kappa shape index (κ3) is 3.34. The van der Waals surface area contributed by atoms with Crippen molar-refractivity contribution in [2.45, 2.75) is 31.8 Å². The quantitative estimate of drug-likeness (QED) is 0.918. The number of hydrogen-bond acceptors (Lipinski definition) is 4. The summed E-state index contributed by atoms with van der Waals surface area (Å²) in [4.78, 5) is 0.178. The van der Waals surface area contributed by atoms with Gasteiger partial charge in [0.15, 0.2) is 0 Å². The van der Waals surface area contributed by atoms with Gasteiger partial charge in [-0.15, -0.1) is 0 Å². The van der Waals surface area contributed by atoms with Crippen LogP contribution in [-0.2, 0) is 23.1 Å². The highest BCUT2D eigenvalue weighted by molar-refractivity contribution is 7.89. The van der Waals surface area contributed by atoms with Gasteiger partial charge in [-0.2, -0.15) is 4.31 Å². The average Bonchev–Trinajstić information content (AvgIpc) is 2.83. The minimum atomic E-state index is -3.58. The van der Waals surface area contributed by atoms with Crippen LogP contribution in [0.25, 0.3) is 0 Å². The Morgan fingerprint density at radius 3 is 2.33 bits per heavy atom. The normalized spacial score (nSPS) is 12.0. The minimum absolute atomic E-state index is 0.178. The molecule has 0 aliphatic carbocycles. The molecule has 6 heteroatoms. The maximum atomic E-state index is 12.6. The van der Waals surface area contributed by atoms with Gasteiger partial charge < -0.3 is 10.2 Å². The van der Waals surface area contributed by atoms with Crippen molar-refractivity contribution in [2.75, 3.05) is 7.05 Å². The number of rotatable bonds is 5. The second-order valence-corrected chi connectivity index (χ2v) is 7.10. The van der Waals surface area contributed by atoms with Gasteiger partial charge in [-0.1, -0.05) is 29.8 Å². The molecule has 0 saturated carbocycles. The molecule has 0 unspecified atom stereocenters. The maximum absolute atomic E-state index is 12.6. The Hall–Kier alpha value is -1.63. The average molecular weight is 308 g/mol. The van der Waals surface area contributed by atoms with E-state index in [0.29, 0.717) is 18.1 Å². The van der Waals surface area contributed by atoms with Crippen molar-refractivity contribution in [3.63, 3.8) is 0 Å². The fourth-order valence-corrected chi connectivity index (χ4v) is 3.42. The zero-order chi connectivity index (χ0) is 15.6. The molecule has 0 aliphatic rings. The topological polar surface area (TPSA) is 76.5 Å². The maximum Gasteiger partial charge on any atom is 0.246 e. The van der Waals surface area contributed by atoms with Crippen LogP contribution in [0.5, 0.6) is 0 Å². The summed E-state index contributed by atoms with van der Waals surface area (Å²) < 4.78 is 31.8. The molecule has 2 rings (SSSR count). The summed E-state index contributed by atoms with van der Waals surface area (Å²) >= 11 is 0. The Morgan fingerprint density at radius 2 is 1.81 bits per heavy atom. The molecule has 0 bridgehead atoms. The van der Waals surface area contributed by atoms with Gasteiger partial charge in [-0.3, -0.25) is 0 Å². The number of hydrogen-bond donors (Lipinski definition) is 1. The Kier molecular flexibility index (Phi) is 4.51. The van der Waals surface area contributed by atoms with E-state index in [4.69, 9.17) is 10.2 Å². The highest BCUT2D eigenvalue weighted by Crippen LogP contribution is 2.23. The highest BCUT2D eigenvalue weighted by atomic mass is 32.2. The van der Waals surface area contributed by atoms with Crippen LogP contribution >= 0.6 is 0 Å². The first-order valence-electron chi connectivity index (χ1n) is 6.66. The molecule has 1 aromatic heterocycles. The molecule has 2 aromatic rings. The van der Waals surface area contributed by atoms with E-state index in [-0.39, 0.29) is 11.4 Å². The third-order valence-electron chi connectivity index (χ3n) is 3.34. The van der Waals surface area contributed by atoms with Crippen LogP contribution in [0.3, 0.4) is 0 Å². The Balaban J connectivity index is 2.25. The first kappa shape index (κ1) is 15.8. The molecule has 1 aromatic carbocycles. The van der Waals surface area contributed by atoms with Gasteiger partial charge in [0.25, 0.3) is 0 Å². The largest absolute Gasteiger partial charge is 0.464 e. The lowest BCUT2D eigenvalue weighted by Gasteiger charge is -2.16. The minimum Gasteiger partial charge on any atom is -0.464 e. The number of nitrogens with zero attached hydrogens (tertiary/aromatic N) is 1. The second kappa shape index (κ2) is 6.01. The molecule has 0 aliphatic heterocycles. The molecule has 0 saturated heterocycles. The monoisotopic (exact) mass is 308 g/mol. The van der Waals surface area contributed by atoms with Gasteiger partial charge in [-0.25, -0.2) is 8.42 Å². The van der Waals surface area contributed by atoms with Gasteiger partial charge in [0, 0.05) is 19.7 Å². The fraction of sp³-hybridized carbons (Fsp3) is 0.333. The van der Waals surface area contributed by atoms with Crippen LogP contribution in [0.2, 0.25) is 0 Å². The Bertz CT molecular complexity index is 718. The number of nitrogens with two attached hydrogens (primary N) is 1. The SMILES string of the molecule is Cc1ccc(CN(C)S(=O)(=O)c2cc(CN)oc2C)cc1. The molecule has 5 nitrogen and oxygen atoms in total. The first-order chi connectivity index (χ1) is 9.84. The van der Waals surface area contributed by atoms with Crippen LogP contribution in [0.1, 0.15) is 22.6 Å². The highest BCUT2D eigenvalue weighted by Gasteiger charge is 2.26. The van der Waals surface area contributed by atoms with Crippen molar-refractivity contribution in [3.8, 4) is 0 Å². The van der Waals surface area contributed by atoms with Crippen LogP contribution in [0.15, 0.2) is 39.6 Å². The fourth-order valence-electron chi connectivity index (χ4n) is 2.08. The van der Waals surface area contributed by atoms with Gasteiger partial charge in [0.2, 0.25) is 10.0 Å². The van der Waals surface area contributed by atoms with E-state index in [1.165, 1.54) is 10.4 Å². The molecular weight excluding hydrogens is 288 g/mol. The van der Waals surface area contributed by atoms with Crippen molar-refractivity contribution < 1.29 is 12.8 Å². The third-order valence-corrected chi connectivity index (χ3v) is 5.25. The summed E-state index contributed by atoms with van der Waals surface area (Å²) in [5, 5.41) is 0. The second-order valence-electron chi connectivity index (χ2n) is 5.08. The molecule has 0 radical (unpaired) electrons. The number of sulfonamides is 1. The summed E-state index contributed by atoms with van der Waals surface area (Å²) in [6, 6.07) is 9.27. The summed E-state index contributed by atoms with van der Waals surface area (Å²) in [5.74, 6) is 0.834. The zero-order valence-corrected chi connectivity index (χ0v) is 13.3. The predicted molar refractivity (Wildman–Crippen MR) is 81.2 cm³/mol. The van der Waals surface area contributed by atoms with Crippen LogP contribution in [0.4, 0.5) is 0 Å². The predicted octanol–water partition coefficient (Wildman–Crippen LogP) is 2.18. The van der Waals surface area contributed by atoms with Gasteiger partial charge in [-0.05, 0) is 19.4 Å². The van der Waals surface area contributed by atoms with E-state index in [1.54, 1.807) is 14.0 Å². The molecule has 114 valence electrons. The van der Waals surface area contributed by atoms with Gasteiger partial charge in [0.1, 0.15) is 16.4 Å². The van der Waals surface area contributed by atoms with Crippen molar-refractivity contribution in [2.24, 2.45) is 5.73 Å². The number of furan rings is 1. The lowest BCUT2D eigenvalue weighted by molar-refractivity contribution is 0.456. The van der Waals surface area contributed by atoms with Crippen molar-refractivity contribution in [1.82, 2.24) is 4.31 Å². The molecule has 0 spiro atoms. The van der Waals surface area contributed by atoms with E-state index in [0.717, 1.165) is 11.1 Å². The Morgan fingerprint density at radius 1 is 1.19 bits per heavy atom. The van der Waals surface area contributed by atoms with E-state index in [9.17, 15) is 8.42 Å². The molecule has 2 N–H and O–H groups in total. The van der Waals surface area contributed by atoms with Crippen molar-refractivity contribution >= 4 is 10.0 Å². The van der Waals surface area contributed by atoms with Crippen molar-refractivity contribution in [1.29, 1.82) is 0 Å². The molecule has 1 heterocycles. The summed E-state index contributed by atoms with van der Waals surface area (Å²) in [6.07, 6.45) is 0.